The highest BCUT2D eigenvalue weighted by molar-refractivity contribution is 7.99. The average molecular weight is 425 g/mol. The zero-order valence-corrected chi connectivity index (χ0v) is 18.9. The van der Waals surface area contributed by atoms with Crippen LogP contribution in [-0.2, 0) is 10.5 Å². The van der Waals surface area contributed by atoms with Gasteiger partial charge in [0, 0.05) is 37.0 Å². The fraction of sp³-hybridized carbons (Fsp3) is 0.440. The van der Waals surface area contributed by atoms with Gasteiger partial charge in [-0.25, -0.2) is 0 Å². The number of carbonyl (C=O) groups is 2. The molecule has 3 rings (SSSR count). The van der Waals surface area contributed by atoms with Crippen molar-refractivity contribution in [3.05, 3.63) is 71.3 Å². The molecule has 0 spiro atoms. The first-order valence-electron chi connectivity index (χ1n) is 10.9. The predicted octanol–water partition coefficient (Wildman–Crippen LogP) is 4.77. The van der Waals surface area contributed by atoms with Gasteiger partial charge in [-0.2, -0.15) is 0 Å². The van der Waals surface area contributed by atoms with Gasteiger partial charge in [-0.3, -0.25) is 9.59 Å². The molecule has 0 unspecified atom stereocenters. The van der Waals surface area contributed by atoms with Gasteiger partial charge < -0.3 is 9.80 Å². The fourth-order valence-corrected chi connectivity index (χ4v) is 4.79. The molecule has 1 saturated heterocycles. The molecule has 1 aliphatic heterocycles. The lowest BCUT2D eigenvalue weighted by atomic mass is 10.0. The number of amides is 2. The zero-order valence-electron chi connectivity index (χ0n) is 18.0. The number of nitrogens with zero attached hydrogens (tertiary/aromatic N) is 2. The van der Waals surface area contributed by atoms with Crippen molar-refractivity contribution in [3.8, 4) is 0 Å². The molecule has 5 heteroatoms. The Morgan fingerprint density at radius 1 is 1.03 bits per heavy atom. The van der Waals surface area contributed by atoms with E-state index in [1.807, 2.05) is 35.2 Å². The minimum Gasteiger partial charge on any atom is -0.339 e. The zero-order chi connectivity index (χ0) is 21.3. The molecule has 0 saturated carbocycles. The van der Waals surface area contributed by atoms with Gasteiger partial charge in [-0.05, 0) is 43.9 Å². The second kappa shape index (κ2) is 11.2. The second-order valence-electron chi connectivity index (χ2n) is 7.95. The Morgan fingerprint density at radius 3 is 2.33 bits per heavy atom. The molecule has 30 heavy (non-hydrogen) atoms. The number of benzene rings is 2. The molecule has 0 aromatic heterocycles. The number of likely N-dealkylation sites (tertiary alicyclic amines) is 1. The molecule has 0 bridgehead atoms. The molecule has 0 aliphatic carbocycles. The largest absolute Gasteiger partial charge is 0.339 e. The lowest BCUT2D eigenvalue weighted by Crippen LogP contribution is -2.49. The second-order valence-corrected chi connectivity index (χ2v) is 8.94. The summed E-state index contributed by atoms with van der Waals surface area (Å²) in [6, 6.07) is 18.2. The van der Waals surface area contributed by atoms with Crippen LogP contribution in [-0.4, -0.2) is 53.0 Å². The van der Waals surface area contributed by atoms with Crippen LogP contribution in [0.15, 0.2) is 54.6 Å². The summed E-state index contributed by atoms with van der Waals surface area (Å²) in [5, 5.41) is 0. The van der Waals surface area contributed by atoms with E-state index < -0.39 is 0 Å². The number of aryl methyl sites for hydroxylation is 1. The van der Waals surface area contributed by atoms with Crippen LogP contribution in [0.5, 0.6) is 0 Å². The normalized spacial score (nSPS) is 14.5. The van der Waals surface area contributed by atoms with E-state index in [2.05, 4.69) is 43.0 Å². The van der Waals surface area contributed by atoms with E-state index in [4.69, 9.17) is 0 Å². The van der Waals surface area contributed by atoms with Crippen molar-refractivity contribution in [1.82, 2.24) is 9.80 Å². The highest BCUT2D eigenvalue weighted by Gasteiger charge is 2.29. The summed E-state index contributed by atoms with van der Waals surface area (Å²) in [6.45, 7) is 6.42. The van der Waals surface area contributed by atoms with Crippen LogP contribution in [0.2, 0.25) is 0 Å². The predicted molar refractivity (Wildman–Crippen MR) is 125 cm³/mol. The highest BCUT2D eigenvalue weighted by Crippen LogP contribution is 2.21. The van der Waals surface area contributed by atoms with Gasteiger partial charge in [-0.15, -0.1) is 11.8 Å². The van der Waals surface area contributed by atoms with Crippen LogP contribution >= 0.6 is 11.8 Å². The van der Waals surface area contributed by atoms with E-state index in [-0.39, 0.29) is 17.9 Å². The number of hydrogen-bond acceptors (Lipinski definition) is 3. The molecule has 0 N–H and O–H groups in total. The lowest BCUT2D eigenvalue weighted by molar-refractivity contribution is -0.131. The quantitative estimate of drug-likeness (QED) is 0.613. The molecule has 1 heterocycles. The SMILES string of the molecule is CCCN(C(=O)CSCc1ccc(C)cc1)C1CCN(C(=O)c2ccccc2)CC1. The maximum atomic E-state index is 12.9. The van der Waals surface area contributed by atoms with Crippen LogP contribution in [0.25, 0.3) is 0 Å². The molecule has 0 radical (unpaired) electrons. The average Bonchev–Trinajstić information content (AvgIpc) is 2.79. The van der Waals surface area contributed by atoms with Gasteiger partial charge in [0.25, 0.3) is 5.91 Å². The van der Waals surface area contributed by atoms with Crippen LogP contribution < -0.4 is 0 Å². The molecule has 160 valence electrons. The van der Waals surface area contributed by atoms with Crippen molar-refractivity contribution in [1.29, 1.82) is 0 Å². The number of piperidine rings is 1. The first kappa shape index (κ1) is 22.4. The van der Waals surface area contributed by atoms with E-state index in [1.165, 1.54) is 11.1 Å². The number of rotatable bonds is 8. The first-order chi connectivity index (χ1) is 14.6. The number of carbonyl (C=O) groups excluding carboxylic acids is 2. The number of thioether (sulfide) groups is 1. The summed E-state index contributed by atoms with van der Waals surface area (Å²) >= 11 is 1.69. The fourth-order valence-electron chi connectivity index (χ4n) is 3.92. The van der Waals surface area contributed by atoms with Crippen LogP contribution in [0.1, 0.15) is 47.7 Å². The van der Waals surface area contributed by atoms with Gasteiger partial charge in [0.15, 0.2) is 0 Å². The van der Waals surface area contributed by atoms with Crippen molar-refractivity contribution in [2.24, 2.45) is 0 Å². The minimum atomic E-state index is 0.0936. The number of hydrogen-bond donors (Lipinski definition) is 0. The van der Waals surface area contributed by atoms with E-state index in [1.54, 1.807) is 11.8 Å². The molecule has 4 nitrogen and oxygen atoms in total. The summed E-state index contributed by atoms with van der Waals surface area (Å²) in [4.78, 5) is 29.6. The summed E-state index contributed by atoms with van der Waals surface area (Å²) in [5.74, 6) is 1.69. The lowest BCUT2D eigenvalue weighted by Gasteiger charge is -2.38. The van der Waals surface area contributed by atoms with Gasteiger partial charge in [0.05, 0.1) is 5.75 Å². The highest BCUT2D eigenvalue weighted by atomic mass is 32.2. The van der Waals surface area contributed by atoms with Crippen LogP contribution in [0.4, 0.5) is 0 Å². The van der Waals surface area contributed by atoms with Gasteiger partial charge in [-0.1, -0.05) is 55.0 Å². The van der Waals surface area contributed by atoms with Gasteiger partial charge in [0.1, 0.15) is 0 Å². The smallest absolute Gasteiger partial charge is 0.253 e. The van der Waals surface area contributed by atoms with Crippen molar-refractivity contribution in [3.63, 3.8) is 0 Å². The molecule has 1 fully saturated rings. The topological polar surface area (TPSA) is 40.6 Å². The Hall–Kier alpha value is -2.27. The van der Waals surface area contributed by atoms with Gasteiger partial charge in [0.2, 0.25) is 5.91 Å². The van der Waals surface area contributed by atoms with E-state index in [0.717, 1.165) is 37.1 Å². The van der Waals surface area contributed by atoms with E-state index in [0.29, 0.717) is 18.8 Å². The van der Waals surface area contributed by atoms with Crippen LogP contribution in [0, 0.1) is 6.92 Å². The monoisotopic (exact) mass is 424 g/mol. The summed E-state index contributed by atoms with van der Waals surface area (Å²) < 4.78 is 0. The van der Waals surface area contributed by atoms with Crippen LogP contribution in [0.3, 0.4) is 0 Å². The third-order valence-electron chi connectivity index (χ3n) is 5.61. The Kier molecular flexibility index (Phi) is 8.38. The van der Waals surface area contributed by atoms with Crippen molar-refractivity contribution in [2.45, 2.75) is 44.9 Å². The van der Waals surface area contributed by atoms with E-state index >= 15 is 0 Å². The summed E-state index contributed by atoms with van der Waals surface area (Å²) in [7, 11) is 0. The standard InChI is InChI=1S/C25H32N2O2S/c1-3-15-27(24(28)19-30-18-21-11-9-20(2)10-12-21)23-13-16-26(17-14-23)25(29)22-7-5-4-6-8-22/h4-12,23H,3,13-19H2,1-2H3. The maximum absolute atomic E-state index is 12.9. The summed E-state index contributed by atoms with van der Waals surface area (Å²) in [6.07, 6.45) is 2.66. The Balaban J connectivity index is 1.50. The Labute approximate surface area is 184 Å². The molecular formula is C25H32N2O2S. The van der Waals surface area contributed by atoms with Gasteiger partial charge >= 0.3 is 0 Å². The first-order valence-corrected chi connectivity index (χ1v) is 12.0. The molecule has 1 aliphatic rings. The third-order valence-corrected chi connectivity index (χ3v) is 6.60. The van der Waals surface area contributed by atoms with Crippen molar-refractivity contribution < 1.29 is 9.59 Å². The van der Waals surface area contributed by atoms with Crippen molar-refractivity contribution >= 4 is 23.6 Å². The molecule has 2 aromatic carbocycles. The molecule has 2 aromatic rings. The molecule has 2 amide bonds. The third kappa shape index (κ3) is 6.11. The molecule has 0 atom stereocenters. The van der Waals surface area contributed by atoms with E-state index in [9.17, 15) is 9.59 Å². The van der Waals surface area contributed by atoms with Crippen molar-refractivity contribution in [2.75, 3.05) is 25.4 Å². The minimum absolute atomic E-state index is 0.0936. The molecular weight excluding hydrogens is 392 g/mol. The Morgan fingerprint density at radius 2 is 1.70 bits per heavy atom. The Bertz CT molecular complexity index is 815. The summed E-state index contributed by atoms with van der Waals surface area (Å²) in [5.41, 5.74) is 3.25. The maximum Gasteiger partial charge on any atom is 0.253 e.